The van der Waals surface area contributed by atoms with Crippen molar-refractivity contribution >= 4 is 29.3 Å². The summed E-state index contributed by atoms with van der Waals surface area (Å²) in [6, 6.07) is 5.56. The van der Waals surface area contributed by atoms with Gasteiger partial charge in [-0.15, -0.1) is 0 Å². The summed E-state index contributed by atoms with van der Waals surface area (Å²) < 4.78 is 4.24. The molecular weight excluding hydrogens is 266 g/mol. The summed E-state index contributed by atoms with van der Waals surface area (Å²) in [4.78, 5) is 44.5. The van der Waals surface area contributed by atoms with Crippen molar-refractivity contribution in [2.75, 3.05) is 7.11 Å². The van der Waals surface area contributed by atoms with E-state index in [9.17, 15) is 24.5 Å². The number of esters is 1. The first-order valence-corrected chi connectivity index (χ1v) is 5.47. The molecule has 0 amide bonds. The van der Waals surface area contributed by atoms with Gasteiger partial charge >= 0.3 is 5.97 Å². The van der Waals surface area contributed by atoms with Gasteiger partial charge in [0.25, 0.3) is 11.5 Å². The van der Waals surface area contributed by atoms with E-state index in [1.54, 1.807) is 0 Å². The summed E-state index contributed by atoms with van der Waals surface area (Å²) in [6.07, 6.45) is 1.01. The Labute approximate surface area is 114 Å². The Balaban J connectivity index is 3.36. The van der Waals surface area contributed by atoms with Crippen LogP contribution in [0.1, 0.15) is 12.5 Å². The molecule has 1 aromatic rings. The minimum Gasteiger partial charge on any atom is -0.463 e. The van der Waals surface area contributed by atoms with Gasteiger partial charge in [0.2, 0.25) is 0 Å². The van der Waals surface area contributed by atoms with Crippen LogP contribution in [0, 0.1) is 10.1 Å². The molecule has 20 heavy (non-hydrogen) atoms. The van der Waals surface area contributed by atoms with Crippen LogP contribution in [0.15, 0.2) is 29.8 Å². The summed E-state index contributed by atoms with van der Waals surface area (Å²) in [6.45, 7) is 1.08. The highest BCUT2D eigenvalue weighted by molar-refractivity contribution is 6.48. The minimum atomic E-state index is -1.20. The number of nitrogens with zero attached hydrogens (tertiary/aromatic N) is 1. The first-order chi connectivity index (χ1) is 9.38. The SMILES string of the molecule is COC(=O)C(=O)C(=Cc1ccccc1[N+](=O)[O-])C(C)=O. The summed E-state index contributed by atoms with van der Waals surface area (Å²) in [7, 11) is 1.00. The Bertz CT molecular complexity index is 617. The summed E-state index contributed by atoms with van der Waals surface area (Å²) in [5.41, 5.74) is -0.685. The number of benzene rings is 1. The molecule has 0 spiro atoms. The fourth-order valence-electron chi connectivity index (χ4n) is 1.46. The molecule has 7 nitrogen and oxygen atoms in total. The second-order valence-corrected chi connectivity index (χ2v) is 3.75. The molecule has 0 saturated carbocycles. The van der Waals surface area contributed by atoms with Crippen LogP contribution in [0.25, 0.3) is 6.08 Å². The van der Waals surface area contributed by atoms with E-state index in [1.807, 2.05) is 0 Å². The van der Waals surface area contributed by atoms with E-state index < -0.39 is 28.0 Å². The van der Waals surface area contributed by atoms with Gasteiger partial charge in [-0.2, -0.15) is 0 Å². The molecule has 0 fully saturated rings. The molecule has 0 saturated heterocycles. The number of carbonyl (C=O) groups excluding carboxylic acids is 3. The number of para-hydroxylation sites is 1. The molecule has 1 aromatic carbocycles. The number of carbonyl (C=O) groups is 3. The van der Waals surface area contributed by atoms with Crippen molar-refractivity contribution in [2.45, 2.75) is 6.92 Å². The highest BCUT2D eigenvalue weighted by Crippen LogP contribution is 2.21. The molecule has 0 aromatic heterocycles. The van der Waals surface area contributed by atoms with Crippen LogP contribution >= 0.6 is 0 Å². The Kier molecular flexibility index (Phi) is 4.85. The number of methoxy groups -OCH3 is 1. The van der Waals surface area contributed by atoms with Crippen molar-refractivity contribution in [3.05, 3.63) is 45.5 Å². The summed E-state index contributed by atoms with van der Waals surface area (Å²) >= 11 is 0. The maximum absolute atomic E-state index is 11.7. The van der Waals surface area contributed by atoms with Gasteiger partial charge in [0.15, 0.2) is 5.78 Å². The second kappa shape index (κ2) is 6.37. The number of ether oxygens (including phenoxy) is 1. The number of nitro groups is 1. The monoisotopic (exact) mass is 277 g/mol. The lowest BCUT2D eigenvalue weighted by atomic mass is 10.0. The molecule has 0 N–H and O–H groups in total. The van der Waals surface area contributed by atoms with Gasteiger partial charge < -0.3 is 4.74 Å². The number of hydrogen-bond donors (Lipinski definition) is 0. The molecule has 0 unspecified atom stereocenters. The first kappa shape index (κ1) is 15.2. The van der Waals surface area contributed by atoms with E-state index >= 15 is 0 Å². The Morgan fingerprint density at radius 3 is 2.35 bits per heavy atom. The number of nitro benzene ring substituents is 1. The third-order valence-corrected chi connectivity index (χ3v) is 2.43. The van der Waals surface area contributed by atoms with Crippen LogP contribution in [0.4, 0.5) is 5.69 Å². The fraction of sp³-hybridized carbons (Fsp3) is 0.154. The normalized spacial score (nSPS) is 10.8. The Morgan fingerprint density at radius 1 is 1.25 bits per heavy atom. The summed E-state index contributed by atoms with van der Waals surface area (Å²) in [5, 5.41) is 10.8. The van der Waals surface area contributed by atoms with Crippen LogP contribution in [-0.2, 0) is 19.1 Å². The maximum Gasteiger partial charge on any atom is 0.379 e. The van der Waals surface area contributed by atoms with E-state index in [-0.39, 0.29) is 11.3 Å². The molecule has 7 heteroatoms. The first-order valence-electron chi connectivity index (χ1n) is 5.47. The molecule has 1 rings (SSSR count). The fourth-order valence-corrected chi connectivity index (χ4v) is 1.46. The van der Waals surface area contributed by atoms with Crippen molar-refractivity contribution in [1.29, 1.82) is 0 Å². The highest BCUT2D eigenvalue weighted by Gasteiger charge is 2.24. The average Bonchev–Trinajstić information content (AvgIpc) is 2.43. The van der Waals surface area contributed by atoms with Gasteiger partial charge in [-0.25, -0.2) is 4.79 Å². The number of rotatable bonds is 5. The van der Waals surface area contributed by atoms with Gasteiger partial charge in [-0.1, -0.05) is 12.1 Å². The average molecular weight is 277 g/mol. The van der Waals surface area contributed by atoms with Gasteiger partial charge in [-0.05, 0) is 19.1 Å². The number of hydrogen-bond acceptors (Lipinski definition) is 6. The zero-order valence-electron chi connectivity index (χ0n) is 10.8. The standard InChI is InChI=1S/C13H11NO6/c1-8(15)10(12(16)13(17)20-2)7-9-5-3-4-6-11(9)14(18)19/h3-7H,1-2H3. The molecule has 0 aliphatic rings. The van der Waals surface area contributed by atoms with Crippen molar-refractivity contribution in [2.24, 2.45) is 0 Å². The lowest BCUT2D eigenvalue weighted by Crippen LogP contribution is -2.21. The number of ketones is 2. The third kappa shape index (κ3) is 3.35. The van der Waals surface area contributed by atoms with Gasteiger partial charge in [0, 0.05) is 6.07 Å². The smallest absolute Gasteiger partial charge is 0.379 e. The predicted octanol–water partition coefficient (Wildman–Crippen LogP) is 1.31. The molecule has 0 aliphatic carbocycles. The van der Waals surface area contributed by atoms with Gasteiger partial charge in [0.1, 0.15) is 0 Å². The van der Waals surface area contributed by atoms with E-state index in [4.69, 9.17) is 0 Å². The van der Waals surface area contributed by atoms with Crippen molar-refractivity contribution in [3.8, 4) is 0 Å². The highest BCUT2D eigenvalue weighted by atomic mass is 16.6. The van der Waals surface area contributed by atoms with Crippen LogP contribution < -0.4 is 0 Å². The maximum atomic E-state index is 11.7. The van der Waals surface area contributed by atoms with E-state index in [0.29, 0.717) is 0 Å². The van der Waals surface area contributed by atoms with Crippen LogP contribution in [0.5, 0.6) is 0 Å². The molecule has 0 heterocycles. The molecule has 0 aliphatic heterocycles. The van der Waals surface area contributed by atoms with Crippen LogP contribution in [0.3, 0.4) is 0 Å². The van der Waals surface area contributed by atoms with E-state index in [2.05, 4.69) is 4.74 Å². The topological polar surface area (TPSA) is 104 Å². The van der Waals surface area contributed by atoms with Crippen molar-refractivity contribution in [1.82, 2.24) is 0 Å². The van der Waals surface area contributed by atoms with Gasteiger partial charge in [0.05, 0.1) is 23.2 Å². The lowest BCUT2D eigenvalue weighted by Gasteiger charge is -2.02. The van der Waals surface area contributed by atoms with Crippen LogP contribution in [0.2, 0.25) is 0 Å². The Hall–Kier alpha value is -2.83. The molecule has 0 radical (unpaired) electrons. The largest absolute Gasteiger partial charge is 0.463 e. The zero-order valence-corrected chi connectivity index (χ0v) is 10.8. The molecule has 0 bridgehead atoms. The summed E-state index contributed by atoms with van der Waals surface area (Å²) in [5.74, 6) is -3.03. The molecular formula is C13H11NO6. The second-order valence-electron chi connectivity index (χ2n) is 3.75. The number of Topliss-reactive ketones (excluding diaryl/α,β-unsaturated/α-hetero) is 2. The van der Waals surface area contributed by atoms with Crippen molar-refractivity contribution < 1.29 is 24.0 Å². The predicted molar refractivity (Wildman–Crippen MR) is 68.8 cm³/mol. The Morgan fingerprint density at radius 2 is 1.85 bits per heavy atom. The van der Waals surface area contributed by atoms with E-state index in [0.717, 1.165) is 20.1 Å². The zero-order chi connectivity index (χ0) is 15.3. The quantitative estimate of drug-likeness (QED) is 0.153. The molecule has 0 atom stereocenters. The molecule has 104 valence electrons. The van der Waals surface area contributed by atoms with Crippen LogP contribution in [-0.4, -0.2) is 29.6 Å². The van der Waals surface area contributed by atoms with Crippen molar-refractivity contribution in [3.63, 3.8) is 0 Å². The third-order valence-electron chi connectivity index (χ3n) is 2.43. The lowest BCUT2D eigenvalue weighted by molar-refractivity contribution is -0.385. The van der Waals surface area contributed by atoms with Gasteiger partial charge in [-0.3, -0.25) is 19.7 Å². The van der Waals surface area contributed by atoms with E-state index in [1.165, 1.54) is 24.3 Å². The minimum absolute atomic E-state index is 0.0555.